The third-order valence-corrected chi connectivity index (χ3v) is 9.41. The SMILES string of the molecule is CS(=O)c1cccc(Nc2nncn2[C@H]2CCc3sc(NC(=O)C4CC4)c(C(=O)NCC4CC4)c3C2)c1. The fourth-order valence-electron chi connectivity index (χ4n) is 4.82. The Morgan fingerprint density at radius 3 is 2.78 bits per heavy atom. The van der Waals surface area contributed by atoms with E-state index in [0.29, 0.717) is 35.4 Å². The fraction of sp³-hybridized carbons (Fsp3) is 0.462. The summed E-state index contributed by atoms with van der Waals surface area (Å²) in [5, 5.41) is 18.6. The number of benzene rings is 1. The first-order valence-electron chi connectivity index (χ1n) is 12.8. The van der Waals surface area contributed by atoms with Crippen LogP contribution in [-0.2, 0) is 28.4 Å². The molecule has 3 aromatic rings. The molecule has 2 heterocycles. The zero-order valence-corrected chi connectivity index (χ0v) is 22.3. The Balaban J connectivity index is 1.26. The van der Waals surface area contributed by atoms with Crippen LogP contribution >= 0.6 is 11.3 Å². The maximum Gasteiger partial charge on any atom is 0.254 e. The number of carbonyl (C=O) groups excluding carboxylic acids is 2. The predicted molar refractivity (Wildman–Crippen MR) is 144 cm³/mol. The van der Waals surface area contributed by atoms with Crippen molar-refractivity contribution in [3.05, 3.63) is 46.6 Å². The van der Waals surface area contributed by atoms with Gasteiger partial charge in [0.2, 0.25) is 11.9 Å². The highest BCUT2D eigenvalue weighted by atomic mass is 32.2. The van der Waals surface area contributed by atoms with Gasteiger partial charge in [0.05, 0.1) is 5.56 Å². The van der Waals surface area contributed by atoms with Crippen molar-refractivity contribution in [3.8, 4) is 0 Å². The molecule has 0 radical (unpaired) electrons. The fourth-order valence-corrected chi connectivity index (χ4v) is 6.63. The molecule has 0 aliphatic heterocycles. The molecule has 0 saturated heterocycles. The minimum atomic E-state index is -1.08. The van der Waals surface area contributed by atoms with Crippen LogP contribution in [0.2, 0.25) is 0 Å². The quantitative estimate of drug-likeness (QED) is 0.379. The van der Waals surface area contributed by atoms with Crippen molar-refractivity contribution < 1.29 is 13.8 Å². The minimum absolute atomic E-state index is 0.0203. The lowest BCUT2D eigenvalue weighted by Crippen LogP contribution is -2.28. The second kappa shape index (κ2) is 10.0. The van der Waals surface area contributed by atoms with Crippen molar-refractivity contribution >= 4 is 50.6 Å². The van der Waals surface area contributed by atoms with Crippen LogP contribution in [0.5, 0.6) is 0 Å². The Morgan fingerprint density at radius 1 is 1.19 bits per heavy atom. The standard InChI is InChI=1S/C26H30N6O3S2/c1-37(35)19-4-2-3-17(11-19)29-26-31-28-14-32(26)18-9-10-21-20(12-18)22(24(34)27-13-15-5-6-15)25(36-21)30-23(33)16-7-8-16/h2-4,11,14-16,18H,5-10,12-13H2,1H3,(H,27,34)(H,29,31)(H,30,33)/t18-,37?/m0/s1. The van der Waals surface area contributed by atoms with Gasteiger partial charge in [-0.25, -0.2) is 0 Å². The van der Waals surface area contributed by atoms with Gasteiger partial charge in [0.25, 0.3) is 5.91 Å². The Hall–Kier alpha value is -3.05. The number of amides is 2. The van der Waals surface area contributed by atoms with Gasteiger partial charge in [-0.05, 0) is 74.6 Å². The van der Waals surface area contributed by atoms with E-state index in [-0.39, 0.29) is 23.8 Å². The van der Waals surface area contributed by atoms with E-state index in [1.54, 1.807) is 23.9 Å². The van der Waals surface area contributed by atoms with Crippen LogP contribution in [0.3, 0.4) is 0 Å². The van der Waals surface area contributed by atoms with Crippen molar-refractivity contribution in [3.63, 3.8) is 0 Å². The van der Waals surface area contributed by atoms with Gasteiger partial charge in [-0.15, -0.1) is 21.5 Å². The molecule has 3 N–H and O–H groups in total. The van der Waals surface area contributed by atoms with E-state index < -0.39 is 10.8 Å². The average Bonchev–Trinajstić information content (AvgIpc) is 3.82. The van der Waals surface area contributed by atoms with E-state index in [1.165, 1.54) is 4.88 Å². The Bertz CT molecular complexity index is 1370. The van der Waals surface area contributed by atoms with E-state index in [0.717, 1.165) is 54.7 Å². The molecule has 0 bridgehead atoms. The Kier molecular flexibility index (Phi) is 6.58. The highest BCUT2D eigenvalue weighted by Gasteiger charge is 2.35. The van der Waals surface area contributed by atoms with Crippen molar-refractivity contribution in [1.82, 2.24) is 20.1 Å². The summed E-state index contributed by atoms with van der Waals surface area (Å²) in [6.45, 7) is 0.685. The number of rotatable bonds is 9. The molecule has 2 aromatic heterocycles. The van der Waals surface area contributed by atoms with E-state index in [4.69, 9.17) is 0 Å². The number of thiophene rings is 1. The number of hydrogen-bond acceptors (Lipinski definition) is 7. The van der Waals surface area contributed by atoms with Crippen LogP contribution in [-0.4, -0.2) is 43.6 Å². The predicted octanol–water partition coefficient (Wildman–Crippen LogP) is 4.04. The van der Waals surface area contributed by atoms with Crippen molar-refractivity contribution in [1.29, 1.82) is 0 Å². The Morgan fingerprint density at radius 2 is 2.03 bits per heavy atom. The molecule has 2 saturated carbocycles. The van der Waals surface area contributed by atoms with Crippen molar-refractivity contribution in [2.45, 2.75) is 55.9 Å². The van der Waals surface area contributed by atoms with Crippen LogP contribution in [0, 0.1) is 11.8 Å². The molecule has 3 aliphatic rings. The van der Waals surface area contributed by atoms with Gasteiger partial charge in [0, 0.05) is 51.0 Å². The molecular formula is C26H30N6O3S2. The lowest BCUT2D eigenvalue weighted by atomic mass is 9.91. The number of nitrogens with zero attached hydrogens (tertiary/aromatic N) is 3. The molecule has 9 nitrogen and oxygen atoms in total. The first kappa shape index (κ1) is 24.3. The van der Waals surface area contributed by atoms with Crippen LogP contribution in [0.15, 0.2) is 35.5 Å². The summed E-state index contributed by atoms with van der Waals surface area (Å²) < 4.78 is 13.9. The third kappa shape index (κ3) is 5.33. The van der Waals surface area contributed by atoms with E-state index in [2.05, 4.69) is 26.1 Å². The molecular weight excluding hydrogens is 508 g/mol. The summed E-state index contributed by atoms with van der Waals surface area (Å²) in [4.78, 5) is 27.9. The number of nitrogens with one attached hydrogen (secondary N) is 3. The van der Waals surface area contributed by atoms with Gasteiger partial charge in [-0.1, -0.05) is 6.07 Å². The minimum Gasteiger partial charge on any atom is -0.352 e. The van der Waals surface area contributed by atoms with Gasteiger partial charge in [0.15, 0.2) is 0 Å². The molecule has 1 aromatic carbocycles. The molecule has 2 amide bonds. The molecule has 3 aliphatic carbocycles. The summed E-state index contributed by atoms with van der Waals surface area (Å²) in [5.74, 6) is 1.17. The second-order valence-corrected chi connectivity index (χ2v) is 12.7. The highest BCUT2D eigenvalue weighted by molar-refractivity contribution is 7.84. The molecule has 2 fully saturated rings. The molecule has 11 heteroatoms. The number of aryl methyl sites for hydroxylation is 1. The summed E-state index contributed by atoms with van der Waals surface area (Å²) in [6.07, 6.45) is 9.88. The normalized spacial score (nSPS) is 19.6. The van der Waals surface area contributed by atoms with E-state index in [1.807, 2.05) is 28.8 Å². The topological polar surface area (TPSA) is 118 Å². The Labute approximate surface area is 221 Å². The maximum absolute atomic E-state index is 13.4. The van der Waals surface area contributed by atoms with Crippen LogP contribution in [0.1, 0.15) is 58.9 Å². The third-order valence-electron chi connectivity index (χ3n) is 7.28. The first-order chi connectivity index (χ1) is 18.0. The average molecular weight is 539 g/mol. The smallest absolute Gasteiger partial charge is 0.254 e. The van der Waals surface area contributed by atoms with E-state index >= 15 is 0 Å². The molecule has 194 valence electrons. The van der Waals surface area contributed by atoms with Gasteiger partial charge in [-0.3, -0.25) is 18.4 Å². The first-order valence-corrected chi connectivity index (χ1v) is 15.2. The van der Waals surface area contributed by atoms with Crippen molar-refractivity contribution in [2.24, 2.45) is 11.8 Å². The van der Waals surface area contributed by atoms with Gasteiger partial charge in [-0.2, -0.15) is 0 Å². The number of aromatic nitrogens is 3. The summed E-state index contributed by atoms with van der Waals surface area (Å²) >= 11 is 1.55. The monoisotopic (exact) mass is 538 g/mol. The van der Waals surface area contributed by atoms with E-state index in [9.17, 15) is 13.8 Å². The van der Waals surface area contributed by atoms with Crippen LogP contribution in [0.4, 0.5) is 16.6 Å². The number of hydrogen-bond donors (Lipinski definition) is 3. The zero-order valence-electron chi connectivity index (χ0n) is 20.7. The summed E-state index contributed by atoms with van der Waals surface area (Å²) in [5.41, 5.74) is 2.43. The van der Waals surface area contributed by atoms with Crippen LogP contribution in [0.25, 0.3) is 0 Å². The molecule has 6 rings (SSSR count). The molecule has 1 unspecified atom stereocenters. The number of anilines is 3. The number of fused-ring (bicyclic) bond motifs is 1. The summed E-state index contributed by atoms with van der Waals surface area (Å²) in [7, 11) is -1.08. The van der Waals surface area contributed by atoms with Gasteiger partial charge in [0.1, 0.15) is 11.3 Å². The summed E-state index contributed by atoms with van der Waals surface area (Å²) in [6, 6.07) is 7.52. The molecule has 2 atom stereocenters. The second-order valence-electron chi connectivity index (χ2n) is 10.2. The maximum atomic E-state index is 13.4. The lowest BCUT2D eigenvalue weighted by molar-refractivity contribution is -0.117. The number of carbonyl (C=O) groups is 2. The van der Waals surface area contributed by atoms with Gasteiger partial charge >= 0.3 is 0 Å². The zero-order chi connectivity index (χ0) is 25.5. The largest absolute Gasteiger partial charge is 0.352 e. The highest BCUT2D eigenvalue weighted by Crippen LogP contribution is 2.43. The van der Waals surface area contributed by atoms with Crippen LogP contribution < -0.4 is 16.0 Å². The van der Waals surface area contributed by atoms with Crippen molar-refractivity contribution in [2.75, 3.05) is 23.4 Å². The van der Waals surface area contributed by atoms with Gasteiger partial charge < -0.3 is 16.0 Å². The molecule has 0 spiro atoms. The molecule has 37 heavy (non-hydrogen) atoms. The lowest BCUT2D eigenvalue weighted by Gasteiger charge is -2.25.